The van der Waals surface area contributed by atoms with Gasteiger partial charge >= 0.3 is 6.03 Å². The Bertz CT molecular complexity index is 630. The van der Waals surface area contributed by atoms with Crippen LogP contribution in [0.2, 0.25) is 0 Å². The number of hydrogen-bond acceptors (Lipinski definition) is 4. The molecule has 22 heavy (non-hydrogen) atoms. The molecule has 1 N–H and O–H groups in total. The van der Waals surface area contributed by atoms with Crippen LogP contribution in [0.4, 0.5) is 10.5 Å². The van der Waals surface area contributed by atoms with Crippen molar-refractivity contribution in [2.24, 2.45) is 0 Å². The van der Waals surface area contributed by atoms with Crippen LogP contribution in [0, 0.1) is 0 Å². The van der Waals surface area contributed by atoms with E-state index in [-0.39, 0.29) is 6.03 Å². The van der Waals surface area contributed by atoms with E-state index < -0.39 is 0 Å². The number of likely N-dealkylation sites (tertiary alicyclic amines) is 1. The number of rotatable bonds is 3. The summed E-state index contributed by atoms with van der Waals surface area (Å²) in [5, 5.41) is 6.87. The lowest BCUT2D eigenvalue weighted by atomic mass is 10.1. The molecular weight excluding hydrogens is 280 g/mol. The molecule has 0 aliphatic carbocycles. The highest BCUT2D eigenvalue weighted by molar-refractivity contribution is 5.89. The average Bonchev–Trinajstić information content (AvgIpc) is 3.05. The number of hydrogen-bond donors (Lipinski definition) is 1. The van der Waals surface area contributed by atoms with Crippen molar-refractivity contribution in [1.29, 1.82) is 0 Å². The summed E-state index contributed by atoms with van der Waals surface area (Å²) < 4.78 is 5.10. The standard InChI is InChI=1S/C16H20N4O2/c1-2-14-18-15(19-22-14)12-6-8-13(9-7-12)17-16(21)20-10-4-3-5-11-20/h6-9H,2-5,10-11H2,1H3,(H,17,21). The van der Waals surface area contributed by atoms with Crippen molar-refractivity contribution >= 4 is 11.7 Å². The van der Waals surface area contributed by atoms with Crippen molar-refractivity contribution in [2.75, 3.05) is 18.4 Å². The maximum absolute atomic E-state index is 12.1. The lowest BCUT2D eigenvalue weighted by Crippen LogP contribution is -2.38. The molecule has 2 aromatic rings. The fraction of sp³-hybridized carbons (Fsp3) is 0.438. The quantitative estimate of drug-likeness (QED) is 0.944. The fourth-order valence-corrected chi connectivity index (χ4v) is 2.52. The highest BCUT2D eigenvalue weighted by Crippen LogP contribution is 2.19. The molecule has 2 amide bonds. The molecule has 0 spiro atoms. The predicted octanol–water partition coefficient (Wildman–Crippen LogP) is 3.32. The molecule has 0 saturated carbocycles. The third-order valence-corrected chi connectivity index (χ3v) is 3.81. The molecule has 6 nitrogen and oxygen atoms in total. The zero-order chi connectivity index (χ0) is 15.4. The number of nitrogens with one attached hydrogen (secondary N) is 1. The number of piperidine rings is 1. The van der Waals surface area contributed by atoms with E-state index >= 15 is 0 Å². The van der Waals surface area contributed by atoms with Crippen molar-refractivity contribution in [2.45, 2.75) is 32.6 Å². The topological polar surface area (TPSA) is 71.3 Å². The van der Waals surface area contributed by atoms with Crippen LogP contribution < -0.4 is 5.32 Å². The van der Waals surface area contributed by atoms with Gasteiger partial charge in [-0.05, 0) is 43.5 Å². The zero-order valence-electron chi connectivity index (χ0n) is 12.7. The third kappa shape index (κ3) is 3.27. The Hall–Kier alpha value is -2.37. The minimum Gasteiger partial charge on any atom is -0.339 e. The zero-order valence-corrected chi connectivity index (χ0v) is 12.7. The number of aromatic nitrogens is 2. The second kappa shape index (κ2) is 6.60. The summed E-state index contributed by atoms with van der Waals surface area (Å²) in [5.74, 6) is 1.20. The number of carbonyl (C=O) groups is 1. The van der Waals surface area contributed by atoms with E-state index in [1.54, 1.807) is 0 Å². The normalized spacial score (nSPS) is 14.9. The van der Waals surface area contributed by atoms with Gasteiger partial charge < -0.3 is 14.7 Å². The van der Waals surface area contributed by atoms with Crippen LogP contribution in [-0.2, 0) is 6.42 Å². The van der Waals surface area contributed by atoms with E-state index in [0.29, 0.717) is 11.7 Å². The Labute approximate surface area is 129 Å². The van der Waals surface area contributed by atoms with Gasteiger partial charge in [0, 0.05) is 30.8 Å². The van der Waals surface area contributed by atoms with E-state index in [2.05, 4.69) is 15.5 Å². The van der Waals surface area contributed by atoms with E-state index in [1.807, 2.05) is 36.1 Å². The molecule has 0 bridgehead atoms. The highest BCUT2D eigenvalue weighted by Gasteiger charge is 2.16. The molecule has 1 aliphatic rings. The first kappa shape index (κ1) is 14.6. The van der Waals surface area contributed by atoms with Crippen molar-refractivity contribution < 1.29 is 9.32 Å². The Morgan fingerprint density at radius 3 is 2.59 bits per heavy atom. The summed E-state index contributed by atoms with van der Waals surface area (Å²) in [4.78, 5) is 18.3. The van der Waals surface area contributed by atoms with Crippen LogP contribution in [0.15, 0.2) is 28.8 Å². The summed E-state index contributed by atoms with van der Waals surface area (Å²) >= 11 is 0. The summed E-state index contributed by atoms with van der Waals surface area (Å²) in [5.41, 5.74) is 1.65. The number of nitrogens with zero attached hydrogens (tertiary/aromatic N) is 3. The van der Waals surface area contributed by atoms with Gasteiger partial charge in [0.2, 0.25) is 11.7 Å². The Morgan fingerprint density at radius 2 is 1.95 bits per heavy atom. The fourth-order valence-electron chi connectivity index (χ4n) is 2.52. The Morgan fingerprint density at radius 1 is 1.23 bits per heavy atom. The molecule has 1 aromatic carbocycles. The van der Waals surface area contributed by atoms with Crippen LogP contribution in [0.5, 0.6) is 0 Å². The van der Waals surface area contributed by atoms with Gasteiger partial charge in [-0.2, -0.15) is 4.98 Å². The highest BCUT2D eigenvalue weighted by atomic mass is 16.5. The van der Waals surface area contributed by atoms with Crippen molar-refractivity contribution in [3.8, 4) is 11.4 Å². The third-order valence-electron chi connectivity index (χ3n) is 3.81. The SMILES string of the molecule is CCc1nc(-c2ccc(NC(=O)N3CCCCC3)cc2)no1. The van der Waals surface area contributed by atoms with Crippen LogP contribution in [0.25, 0.3) is 11.4 Å². The Kier molecular flexibility index (Phi) is 4.37. The first-order chi connectivity index (χ1) is 10.8. The molecule has 0 radical (unpaired) electrons. The van der Waals surface area contributed by atoms with E-state index in [4.69, 9.17) is 4.52 Å². The van der Waals surface area contributed by atoms with Gasteiger partial charge in [-0.25, -0.2) is 4.79 Å². The summed E-state index contributed by atoms with van der Waals surface area (Å²) in [7, 11) is 0. The molecule has 1 saturated heterocycles. The second-order valence-electron chi connectivity index (χ2n) is 5.42. The van der Waals surface area contributed by atoms with Gasteiger partial charge in [0.25, 0.3) is 0 Å². The number of amides is 2. The lowest BCUT2D eigenvalue weighted by Gasteiger charge is -2.26. The summed E-state index contributed by atoms with van der Waals surface area (Å²) in [6.07, 6.45) is 4.10. The smallest absolute Gasteiger partial charge is 0.321 e. The monoisotopic (exact) mass is 300 g/mol. The molecule has 0 atom stereocenters. The molecular formula is C16H20N4O2. The average molecular weight is 300 g/mol. The molecule has 1 aliphatic heterocycles. The van der Waals surface area contributed by atoms with Crippen LogP contribution in [-0.4, -0.2) is 34.2 Å². The number of aryl methyl sites for hydroxylation is 1. The van der Waals surface area contributed by atoms with Crippen molar-refractivity contribution in [1.82, 2.24) is 15.0 Å². The van der Waals surface area contributed by atoms with Gasteiger partial charge in [0.1, 0.15) is 0 Å². The number of urea groups is 1. The van der Waals surface area contributed by atoms with Crippen LogP contribution >= 0.6 is 0 Å². The maximum Gasteiger partial charge on any atom is 0.321 e. The minimum absolute atomic E-state index is 0.0275. The number of anilines is 1. The minimum atomic E-state index is -0.0275. The van der Waals surface area contributed by atoms with E-state index in [0.717, 1.165) is 43.6 Å². The van der Waals surface area contributed by atoms with Gasteiger partial charge in [-0.15, -0.1) is 0 Å². The number of carbonyl (C=O) groups excluding carboxylic acids is 1. The molecule has 2 heterocycles. The summed E-state index contributed by atoms with van der Waals surface area (Å²) in [6.45, 7) is 3.65. The largest absolute Gasteiger partial charge is 0.339 e. The van der Waals surface area contributed by atoms with Gasteiger partial charge in [0.05, 0.1) is 0 Å². The number of benzene rings is 1. The molecule has 0 unspecified atom stereocenters. The van der Waals surface area contributed by atoms with Crippen molar-refractivity contribution in [3.63, 3.8) is 0 Å². The molecule has 116 valence electrons. The van der Waals surface area contributed by atoms with Gasteiger partial charge in [0.15, 0.2) is 0 Å². The van der Waals surface area contributed by atoms with Crippen LogP contribution in [0.3, 0.4) is 0 Å². The first-order valence-corrected chi connectivity index (χ1v) is 7.75. The Balaban J connectivity index is 1.64. The molecule has 1 aromatic heterocycles. The van der Waals surface area contributed by atoms with Crippen molar-refractivity contribution in [3.05, 3.63) is 30.2 Å². The van der Waals surface area contributed by atoms with Crippen LogP contribution in [0.1, 0.15) is 32.1 Å². The predicted molar refractivity (Wildman–Crippen MR) is 83.6 cm³/mol. The molecule has 3 rings (SSSR count). The molecule has 6 heteroatoms. The van der Waals surface area contributed by atoms with E-state index in [9.17, 15) is 4.79 Å². The molecule has 1 fully saturated rings. The van der Waals surface area contributed by atoms with E-state index in [1.165, 1.54) is 6.42 Å². The maximum atomic E-state index is 12.1. The first-order valence-electron chi connectivity index (χ1n) is 7.75. The lowest BCUT2D eigenvalue weighted by molar-refractivity contribution is 0.200. The van der Waals surface area contributed by atoms with Gasteiger partial charge in [-0.3, -0.25) is 0 Å². The van der Waals surface area contributed by atoms with Gasteiger partial charge in [-0.1, -0.05) is 12.1 Å². The second-order valence-corrected chi connectivity index (χ2v) is 5.42. The summed E-state index contributed by atoms with van der Waals surface area (Å²) in [6, 6.07) is 7.46.